The Morgan fingerprint density at radius 2 is 2.12 bits per heavy atom. The minimum Gasteiger partial charge on any atom is -0.366 e. The maximum atomic E-state index is 12.2. The molecule has 0 bridgehead atoms. The van der Waals surface area contributed by atoms with Gasteiger partial charge in [-0.3, -0.25) is 10.1 Å². The summed E-state index contributed by atoms with van der Waals surface area (Å²) in [7, 11) is 0. The number of thiazole rings is 1. The van der Waals surface area contributed by atoms with E-state index in [1.165, 1.54) is 41.7 Å². The Hall–Kier alpha value is -1.47. The van der Waals surface area contributed by atoms with Crippen LogP contribution in [0.4, 0.5) is 5.13 Å². The monoisotopic (exact) mass is 379 g/mol. The highest BCUT2D eigenvalue weighted by molar-refractivity contribution is 7.14. The van der Waals surface area contributed by atoms with E-state index in [0.717, 1.165) is 24.2 Å². The van der Waals surface area contributed by atoms with E-state index in [0.29, 0.717) is 18.3 Å². The second kappa shape index (κ2) is 8.27. The first-order valence-electron chi connectivity index (χ1n) is 8.50. The standard InChI is InChI=1S/C18H21N3O2S.ClH/c22-17(16-10-19-7-8-23-16)21-18-20-15(11-24-18)14-6-5-12-3-1-2-4-13(12)9-14;/h5-6,9,11,16,19H,1-4,7-8,10H2,(H,20,21,22);1H/t16-;/m1./s1. The highest BCUT2D eigenvalue weighted by Crippen LogP contribution is 2.29. The van der Waals surface area contributed by atoms with Crippen LogP contribution in [0.25, 0.3) is 11.3 Å². The number of aryl methyl sites for hydroxylation is 2. The number of benzene rings is 1. The van der Waals surface area contributed by atoms with Crippen molar-refractivity contribution in [3.63, 3.8) is 0 Å². The topological polar surface area (TPSA) is 63.2 Å². The van der Waals surface area contributed by atoms with Gasteiger partial charge in [0.15, 0.2) is 5.13 Å². The third-order valence-electron chi connectivity index (χ3n) is 4.60. The van der Waals surface area contributed by atoms with Crippen LogP contribution in [0, 0.1) is 0 Å². The van der Waals surface area contributed by atoms with Crippen LogP contribution in [0.3, 0.4) is 0 Å². The average molecular weight is 380 g/mol. The maximum absolute atomic E-state index is 12.2. The predicted octanol–water partition coefficient (Wildman–Crippen LogP) is 3.04. The lowest BCUT2D eigenvalue weighted by Gasteiger charge is -2.22. The fourth-order valence-electron chi connectivity index (χ4n) is 3.28. The van der Waals surface area contributed by atoms with Crippen molar-refractivity contribution in [2.75, 3.05) is 25.0 Å². The largest absolute Gasteiger partial charge is 0.366 e. The summed E-state index contributed by atoms with van der Waals surface area (Å²) in [6.45, 7) is 1.91. The molecule has 0 radical (unpaired) electrons. The molecule has 2 aliphatic rings. The van der Waals surface area contributed by atoms with E-state index in [9.17, 15) is 4.79 Å². The summed E-state index contributed by atoms with van der Waals surface area (Å²) >= 11 is 1.46. The van der Waals surface area contributed by atoms with E-state index in [1.807, 2.05) is 5.38 Å². The van der Waals surface area contributed by atoms with Gasteiger partial charge in [0.2, 0.25) is 0 Å². The fraction of sp³-hybridized carbons (Fsp3) is 0.444. The Morgan fingerprint density at radius 3 is 2.92 bits per heavy atom. The van der Waals surface area contributed by atoms with Gasteiger partial charge < -0.3 is 10.1 Å². The Labute approximate surface area is 157 Å². The van der Waals surface area contributed by atoms with Crippen LogP contribution in [0.2, 0.25) is 0 Å². The molecule has 1 atom stereocenters. The lowest BCUT2D eigenvalue weighted by molar-refractivity contribution is -0.128. The zero-order valence-corrected chi connectivity index (χ0v) is 15.5. The van der Waals surface area contributed by atoms with Crippen LogP contribution in [0.15, 0.2) is 23.6 Å². The van der Waals surface area contributed by atoms with Crippen molar-refractivity contribution in [3.8, 4) is 11.3 Å². The molecule has 1 saturated heterocycles. The van der Waals surface area contributed by atoms with Gasteiger partial charge in [-0.05, 0) is 42.9 Å². The number of aromatic nitrogens is 1. The van der Waals surface area contributed by atoms with Gasteiger partial charge in [-0.2, -0.15) is 0 Å². The molecule has 7 heteroatoms. The van der Waals surface area contributed by atoms with Crippen molar-refractivity contribution in [2.24, 2.45) is 0 Å². The summed E-state index contributed by atoms with van der Waals surface area (Å²) in [5, 5.41) is 8.65. The van der Waals surface area contributed by atoms with Gasteiger partial charge in [-0.25, -0.2) is 4.98 Å². The summed E-state index contributed by atoms with van der Waals surface area (Å²) in [4.78, 5) is 16.8. The fourth-order valence-corrected chi connectivity index (χ4v) is 4.00. The number of carbonyl (C=O) groups is 1. The third kappa shape index (κ3) is 4.20. The number of anilines is 1. The first-order valence-corrected chi connectivity index (χ1v) is 9.38. The summed E-state index contributed by atoms with van der Waals surface area (Å²) in [5.74, 6) is -0.131. The van der Waals surface area contributed by atoms with Crippen LogP contribution in [0.1, 0.15) is 24.0 Å². The molecule has 0 spiro atoms. The average Bonchev–Trinajstić information content (AvgIpc) is 3.10. The van der Waals surface area contributed by atoms with E-state index in [-0.39, 0.29) is 18.3 Å². The highest BCUT2D eigenvalue weighted by atomic mass is 35.5. The summed E-state index contributed by atoms with van der Waals surface area (Å²) in [6.07, 6.45) is 4.46. The Kier molecular flexibility index (Phi) is 6.06. The van der Waals surface area contributed by atoms with Crippen molar-refractivity contribution in [1.29, 1.82) is 0 Å². The number of carbonyl (C=O) groups excluding carboxylic acids is 1. The van der Waals surface area contributed by atoms with E-state index in [4.69, 9.17) is 4.74 Å². The minimum atomic E-state index is -0.435. The van der Waals surface area contributed by atoms with E-state index < -0.39 is 6.10 Å². The molecule has 25 heavy (non-hydrogen) atoms. The Morgan fingerprint density at radius 1 is 1.28 bits per heavy atom. The van der Waals surface area contributed by atoms with E-state index in [2.05, 4.69) is 33.8 Å². The predicted molar refractivity (Wildman–Crippen MR) is 103 cm³/mol. The van der Waals surface area contributed by atoms with Gasteiger partial charge in [-0.1, -0.05) is 12.1 Å². The van der Waals surface area contributed by atoms with Crippen LogP contribution in [-0.2, 0) is 22.4 Å². The van der Waals surface area contributed by atoms with Crippen LogP contribution in [0.5, 0.6) is 0 Å². The van der Waals surface area contributed by atoms with E-state index in [1.54, 1.807) is 0 Å². The van der Waals surface area contributed by atoms with E-state index >= 15 is 0 Å². The number of hydrogen-bond donors (Lipinski definition) is 2. The van der Waals surface area contributed by atoms with Gasteiger partial charge in [-0.15, -0.1) is 23.7 Å². The Bertz CT molecular complexity index is 744. The minimum absolute atomic E-state index is 0. The second-order valence-corrected chi connectivity index (χ2v) is 7.14. The zero-order valence-electron chi connectivity index (χ0n) is 13.9. The Balaban J connectivity index is 0.00000182. The molecule has 134 valence electrons. The molecule has 1 fully saturated rings. The quantitative estimate of drug-likeness (QED) is 0.860. The molecule has 1 aliphatic carbocycles. The van der Waals surface area contributed by atoms with Gasteiger partial charge in [0.05, 0.1) is 12.3 Å². The van der Waals surface area contributed by atoms with Gasteiger partial charge in [0, 0.05) is 24.0 Å². The van der Waals surface area contributed by atoms with Crippen LogP contribution in [-0.4, -0.2) is 36.7 Å². The third-order valence-corrected chi connectivity index (χ3v) is 5.36. The molecule has 4 rings (SSSR count). The van der Waals surface area contributed by atoms with Crippen molar-refractivity contribution >= 4 is 34.8 Å². The molecule has 2 aromatic rings. The normalized spacial score (nSPS) is 19.6. The zero-order chi connectivity index (χ0) is 16.4. The molecular formula is C18H22ClN3O2S. The van der Waals surface area contributed by atoms with Crippen molar-refractivity contribution < 1.29 is 9.53 Å². The molecule has 0 saturated carbocycles. The second-order valence-electron chi connectivity index (χ2n) is 6.28. The number of hydrogen-bond acceptors (Lipinski definition) is 5. The molecule has 0 unspecified atom stereocenters. The number of halogens is 1. The molecule has 1 amide bonds. The molecule has 2 N–H and O–H groups in total. The summed E-state index contributed by atoms with van der Waals surface area (Å²) in [5.41, 5.74) is 4.96. The number of morpholine rings is 1. The SMILES string of the molecule is Cl.O=C(Nc1nc(-c2ccc3c(c2)CCCC3)cs1)[C@H]1CNCCO1. The van der Waals surface area contributed by atoms with Crippen molar-refractivity contribution in [3.05, 3.63) is 34.7 Å². The maximum Gasteiger partial charge on any atom is 0.256 e. The summed E-state index contributed by atoms with van der Waals surface area (Å²) in [6, 6.07) is 6.62. The number of nitrogens with one attached hydrogen (secondary N) is 2. The molecule has 5 nitrogen and oxygen atoms in total. The first kappa shape index (κ1) is 18.3. The van der Waals surface area contributed by atoms with Gasteiger partial charge >= 0.3 is 0 Å². The molecular weight excluding hydrogens is 358 g/mol. The molecule has 2 heterocycles. The lowest BCUT2D eigenvalue weighted by atomic mass is 9.90. The summed E-state index contributed by atoms with van der Waals surface area (Å²) < 4.78 is 5.47. The lowest BCUT2D eigenvalue weighted by Crippen LogP contribution is -2.45. The van der Waals surface area contributed by atoms with Crippen LogP contribution >= 0.6 is 23.7 Å². The highest BCUT2D eigenvalue weighted by Gasteiger charge is 2.22. The number of amides is 1. The molecule has 1 aliphatic heterocycles. The smallest absolute Gasteiger partial charge is 0.256 e. The van der Waals surface area contributed by atoms with Gasteiger partial charge in [0.1, 0.15) is 6.10 Å². The van der Waals surface area contributed by atoms with Crippen molar-refractivity contribution in [2.45, 2.75) is 31.8 Å². The number of fused-ring (bicyclic) bond motifs is 1. The first-order chi connectivity index (χ1) is 11.8. The number of rotatable bonds is 3. The number of ether oxygens (including phenoxy) is 1. The number of nitrogens with zero attached hydrogens (tertiary/aromatic N) is 1. The molecule has 1 aromatic carbocycles. The molecule has 1 aromatic heterocycles. The van der Waals surface area contributed by atoms with Gasteiger partial charge in [0.25, 0.3) is 5.91 Å². The van der Waals surface area contributed by atoms with Crippen LogP contribution < -0.4 is 10.6 Å². The van der Waals surface area contributed by atoms with Crippen molar-refractivity contribution in [1.82, 2.24) is 10.3 Å².